The van der Waals surface area contributed by atoms with E-state index in [1.165, 1.54) is 0 Å². The van der Waals surface area contributed by atoms with Crippen LogP contribution in [-0.2, 0) is 14.4 Å². The maximum Gasteiger partial charge on any atom is 0.259 e. The molecule has 2 fully saturated rings. The minimum absolute atomic E-state index is 0.117. The molecule has 0 aromatic rings. The molecule has 2 amide bonds. The minimum atomic E-state index is -1.92. The van der Waals surface area contributed by atoms with Gasteiger partial charge in [0.1, 0.15) is 9.75 Å². The lowest BCUT2D eigenvalue weighted by Crippen LogP contribution is -2.50. The summed E-state index contributed by atoms with van der Waals surface area (Å²) in [6.07, 6.45) is 0.242. The van der Waals surface area contributed by atoms with Crippen molar-refractivity contribution in [3.05, 3.63) is 10.1 Å². The fourth-order valence-corrected chi connectivity index (χ4v) is 6.26. The Balaban J connectivity index is 2.13. The van der Waals surface area contributed by atoms with E-state index < -0.39 is 37.7 Å². The minimum Gasteiger partial charge on any atom is -0.272 e. The van der Waals surface area contributed by atoms with Crippen molar-refractivity contribution < 1.29 is 14.4 Å². The molecule has 3 rings (SSSR count). The number of hydroxylamine groups is 2. The number of allylic oxidation sites excluding steroid dienone is 2. The largest absolute Gasteiger partial charge is 0.272 e. The van der Waals surface area contributed by atoms with Crippen LogP contribution >= 0.6 is 69.6 Å². The van der Waals surface area contributed by atoms with Crippen molar-refractivity contribution in [2.75, 3.05) is 0 Å². The zero-order valence-electron chi connectivity index (χ0n) is 11.9. The van der Waals surface area contributed by atoms with Gasteiger partial charge in [0.2, 0.25) is 0 Å². The first-order valence-electron chi connectivity index (χ1n) is 6.84. The molecule has 1 aliphatic heterocycles. The second kappa shape index (κ2) is 5.29. The van der Waals surface area contributed by atoms with Gasteiger partial charge in [-0.15, -0.1) is 23.2 Å². The summed E-state index contributed by atoms with van der Waals surface area (Å²) in [5.41, 5.74) is 0. The number of rotatable bonds is 3. The number of carbonyl (C=O) groups is 2. The van der Waals surface area contributed by atoms with Gasteiger partial charge >= 0.3 is 0 Å². The highest BCUT2D eigenvalue weighted by Crippen LogP contribution is 2.77. The number of hydrogen-bond donors (Lipinski definition) is 0. The average Bonchev–Trinajstić information content (AvgIpc) is 2.86. The van der Waals surface area contributed by atoms with Crippen LogP contribution in [0.15, 0.2) is 10.1 Å². The van der Waals surface area contributed by atoms with Crippen LogP contribution in [0.4, 0.5) is 0 Å². The molecular weight excluding hydrogens is 431 g/mol. The molecule has 5 atom stereocenters. The quantitative estimate of drug-likeness (QED) is 0.488. The van der Waals surface area contributed by atoms with Crippen LogP contribution in [-0.4, -0.2) is 37.1 Å². The molecule has 1 saturated heterocycles. The first-order chi connectivity index (χ1) is 10.5. The Kier molecular flexibility index (Phi) is 4.23. The molecule has 0 unspecified atom stereocenters. The number of alkyl halides is 4. The van der Waals surface area contributed by atoms with Gasteiger partial charge in [0, 0.05) is 0 Å². The molecule has 3 aliphatic rings. The Hall–Kier alpha value is 0.580. The summed E-state index contributed by atoms with van der Waals surface area (Å²) in [4.78, 5) is 27.3. The van der Waals surface area contributed by atoms with Gasteiger partial charge in [-0.2, -0.15) is 5.06 Å². The SMILES string of the molecule is CC[C@H](C)ON1C(=O)[C@H]2[C@H](C1=O)[C@@]1(Cl)C(Cl)=C(Cl)[C@@]2(Cl)C1(Cl)Cl. The lowest BCUT2D eigenvalue weighted by atomic mass is 9.84. The summed E-state index contributed by atoms with van der Waals surface area (Å²) in [5.74, 6) is -3.65. The number of hydrogen-bond acceptors (Lipinski definition) is 3. The fraction of sp³-hybridized carbons (Fsp3) is 0.692. The summed E-state index contributed by atoms with van der Waals surface area (Å²) in [5, 5.41) is 0.447. The molecule has 4 nitrogen and oxygen atoms in total. The number of halogens is 6. The Bertz CT molecular complexity index is 606. The van der Waals surface area contributed by atoms with E-state index in [-0.39, 0.29) is 16.2 Å². The summed E-state index contributed by atoms with van der Waals surface area (Å²) >= 11 is 38.1. The molecule has 2 bridgehead atoms. The first kappa shape index (κ1) is 18.4. The molecule has 2 aliphatic carbocycles. The molecule has 0 aromatic heterocycles. The van der Waals surface area contributed by atoms with E-state index in [4.69, 9.17) is 74.4 Å². The van der Waals surface area contributed by atoms with Crippen LogP contribution in [0.25, 0.3) is 0 Å². The third-order valence-corrected chi connectivity index (χ3v) is 8.99. The highest BCUT2D eigenvalue weighted by Gasteiger charge is 2.87. The molecule has 0 radical (unpaired) electrons. The van der Waals surface area contributed by atoms with Crippen molar-refractivity contribution >= 4 is 81.4 Å². The lowest BCUT2D eigenvalue weighted by Gasteiger charge is -2.34. The molecule has 128 valence electrons. The third kappa shape index (κ3) is 1.82. The molecule has 1 saturated carbocycles. The lowest BCUT2D eigenvalue weighted by molar-refractivity contribution is -0.203. The van der Waals surface area contributed by atoms with Gasteiger partial charge in [-0.25, -0.2) is 0 Å². The van der Waals surface area contributed by atoms with Gasteiger partial charge < -0.3 is 0 Å². The van der Waals surface area contributed by atoms with Gasteiger partial charge in [-0.1, -0.05) is 53.3 Å². The predicted octanol–water partition coefficient (Wildman–Crippen LogP) is 4.16. The zero-order valence-corrected chi connectivity index (χ0v) is 16.4. The molecule has 10 heteroatoms. The summed E-state index contributed by atoms with van der Waals surface area (Å²) in [6, 6.07) is 0. The number of nitrogens with zero attached hydrogens (tertiary/aromatic N) is 1. The van der Waals surface area contributed by atoms with Crippen molar-refractivity contribution in [1.29, 1.82) is 0 Å². The van der Waals surface area contributed by atoms with Crippen molar-refractivity contribution in [2.45, 2.75) is 40.5 Å². The number of carbonyl (C=O) groups excluding carboxylic acids is 2. The normalized spacial score (nSPS) is 42.7. The average molecular weight is 442 g/mol. The van der Waals surface area contributed by atoms with Crippen LogP contribution in [0.1, 0.15) is 20.3 Å². The molecule has 0 N–H and O–H groups in total. The number of amides is 2. The fourth-order valence-electron chi connectivity index (χ4n) is 3.33. The first-order valence-corrected chi connectivity index (χ1v) is 9.11. The van der Waals surface area contributed by atoms with Gasteiger partial charge in [-0.05, 0) is 13.3 Å². The number of imide groups is 1. The second-order valence-electron chi connectivity index (χ2n) is 5.88. The van der Waals surface area contributed by atoms with Gasteiger partial charge in [0.25, 0.3) is 11.8 Å². The molecule has 23 heavy (non-hydrogen) atoms. The van der Waals surface area contributed by atoms with Gasteiger partial charge in [-0.3, -0.25) is 14.4 Å². The van der Waals surface area contributed by atoms with E-state index in [1.807, 2.05) is 6.92 Å². The maximum absolute atomic E-state index is 12.7. The smallest absolute Gasteiger partial charge is 0.259 e. The van der Waals surface area contributed by atoms with Gasteiger partial charge in [0.05, 0.1) is 28.0 Å². The Labute approximate surface area is 162 Å². The zero-order chi connectivity index (χ0) is 17.5. The molecular formula is C13H11Cl6NO3. The van der Waals surface area contributed by atoms with E-state index in [2.05, 4.69) is 0 Å². The van der Waals surface area contributed by atoms with Crippen molar-refractivity contribution in [3.8, 4) is 0 Å². The van der Waals surface area contributed by atoms with E-state index in [0.717, 1.165) is 0 Å². The van der Waals surface area contributed by atoms with E-state index in [0.29, 0.717) is 11.5 Å². The summed E-state index contributed by atoms with van der Waals surface area (Å²) < 4.78 is -1.92. The molecule has 0 spiro atoms. The van der Waals surface area contributed by atoms with E-state index in [9.17, 15) is 9.59 Å². The van der Waals surface area contributed by atoms with Crippen molar-refractivity contribution in [3.63, 3.8) is 0 Å². The topological polar surface area (TPSA) is 46.6 Å². The third-order valence-electron chi connectivity index (χ3n) is 4.73. The molecule has 0 aromatic carbocycles. The van der Waals surface area contributed by atoms with E-state index >= 15 is 0 Å². The number of fused-ring (bicyclic) bond motifs is 5. The van der Waals surface area contributed by atoms with Crippen molar-refractivity contribution in [1.82, 2.24) is 5.06 Å². The molecule has 1 heterocycles. The Morgan fingerprint density at radius 3 is 1.78 bits per heavy atom. The van der Waals surface area contributed by atoms with E-state index in [1.54, 1.807) is 6.92 Å². The van der Waals surface area contributed by atoms with Crippen LogP contribution in [0, 0.1) is 11.8 Å². The summed E-state index contributed by atoms with van der Waals surface area (Å²) in [7, 11) is 0. The van der Waals surface area contributed by atoms with Gasteiger partial charge in [0.15, 0.2) is 4.33 Å². The Morgan fingerprint density at radius 1 is 1.04 bits per heavy atom. The Morgan fingerprint density at radius 2 is 1.43 bits per heavy atom. The highest BCUT2D eigenvalue weighted by molar-refractivity contribution is 6.66. The monoisotopic (exact) mass is 439 g/mol. The van der Waals surface area contributed by atoms with Crippen LogP contribution in [0.2, 0.25) is 0 Å². The van der Waals surface area contributed by atoms with Crippen molar-refractivity contribution in [2.24, 2.45) is 11.8 Å². The summed E-state index contributed by atoms with van der Waals surface area (Å²) in [6.45, 7) is 3.58. The predicted molar refractivity (Wildman–Crippen MR) is 90.0 cm³/mol. The van der Waals surface area contributed by atoms with Crippen LogP contribution in [0.3, 0.4) is 0 Å². The van der Waals surface area contributed by atoms with Crippen LogP contribution < -0.4 is 0 Å². The standard InChI is InChI=1S/C13H11Cl6NO3/c1-3-4(2)23-20-9(21)5-6(10(20)22)12(17)8(15)7(14)11(5,16)13(12,18)19/h4-6H,3H2,1-2H3/t4-,5+,6+,11+,12+/m0/s1. The van der Waals surface area contributed by atoms with Crippen LogP contribution in [0.5, 0.6) is 0 Å². The maximum atomic E-state index is 12.7. The highest BCUT2D eigenvalue weighted by atomic mass is 35.5. The second-order valence-corrected chi connectivity index (χ2v) is 9.15.